The maximum absolute atomic E-state index is 12.8. The predicted molar refractivity (Wildman–Crippen MR) is 106 cm³/mol. The van der Waals surface area contributed by atoms with Gasteiger partial charge in [0.2, 0.25) is 5.91 Å². The van der Waals surface area contributed by atoms with Crippen LogP contribution in [0.25, 0.3) is 0 Å². The zero-order valence-corrected chi connectivity index (χ0v) is 17.0. The second kappa shape index (κ2) is 7.94. The number of pyridine rings is 1. The molecule has 0 bridgehead atoms. The van der Waals surface area contributed by atoms with Crippen LogP contribution in [0.2, 0.25) is 0 Å². The lowest BCUT2D eigenvalue weighted by Crippen LogP contribution is -2.38. The maximum atomic E-state index is 12.8. The van der Waals surface area contributed by atoms with E-state index in [9.17, 15) is 24.0 Å². The first-order chi connectivity index (χ1) is 14.1. The van der Waals surface area contributed by atoms with Crippen molar-refractivity contribution in [2.75, 3.05) is 0 Å². The fourth-order valence-electron chi connectivity index (χ4n) is 3.32. The Labute approximate surface area is 172 Å². The highest BCUT2D eigenvalue weighted by Gasteiger charge is 2.39. The number of hydrogen-bond donors (Lipinski definition) is 1. The van der Waals surface area contributed by atoms with Crippen molar-refractivity contribution >= 4 is 23.7 Å². The van der Waals surface area contributed by atoms with Crippen molar-refractivity contribution in [2.45, 2.75) is 40.3 Å². The van der Waals surface area contributed by atoms with Crippen molar-refractivity contribution in [2.24, 2.45) is 0 Å². The SMILES string of the molecule is Cc1cc(=O)n(CC(=O)NC(C)C)c(C)c1C(=O)ON1C(=O)c2ccccc2C1=O. The van der Waals surface area contributed by atoms with E-state index in [-0.39, 0.29) is 35.0 Å². The highest BCUT2D eigenvalue weighted by molar-refractivity contribution is 6.21. The van der Waals surface area contributed by atoms with Crippen molar-refractivity contribution in [3.63, 3.8) is 0 Å². The molecule has 2 heterocycles. The largest absolute Gasteiger partial charge is 0.365 e. The lowest BCUT2D eigenvalue weighted by molar-refractivity contribution is -0.122. The van der Waals surface area contributed by atoms with Crippen LogP contribution in [0.4, 0.5) is 0 Å². The van der Waals surface area contributed by atoms with Crippen LogP contribution < -0.4 is 10.9 Å². The number of nitrogens with one attached hydrogen (secondary N) is 1. The number of imide groups is 1. The van der Waals surface area contributed by atoms with Crippen LogP contribution in [-0.4, -0.2) is 39.4 Å². The van der Waals surface area contributed by atoms with E-state index >= 15 is 0 Å². The van der Waals surface area contributed by atoms with Crippen molar-refractivity contribution in [3.05, 3.63) is 68.6 Å². The van der Waals surface area contributed by atoms with Crippen LogP contribution in [0.5, 0.6) is 0 Å². The Morgan fingerprint density at radius 3 is 2.13 bits per heavy atom. The Balaban J connectivity index is 1.91. The van der Waals surface area contributed by atoms with Crippen molar-refractivity contribution in [1.29, 1.82) is 0 Å². The van der Waals surface area contributed by atoms with Gasteiger partial charge in [-0.05, 0) is 45.4 Å². The summed E-state index contributed by atoms with van der Waals surface area (Å²) >= 11 is 0. The van der Waals surface area contributed by atoms with E-state index in [1.807, 2.05) is 0 Å². The summed E-state index contributed by atoms with van der Waals surface area (Å²) in [6, 6.07) is 7.22. The molecular weight excluding hydrogens is 390 g/mol. The molecule has 30 heavy (non-hydrogen) atoms. The summed E-state index contributed by atoms with van der Waals surface area (Å²) in [5.74, 6) is -2.86. The van der Waals surface area contributed by atoms with E-state index in [2.05, 4.69) is 5.32 Å². The van der Waals surface area contributed by atoms with Crippen LogP contribution >= 0.6 is 0 Å². The summed E-state index contributed by atoms with van der Waals surface area (Å²) in [6.45, 7) is 6.32. The zero-order valence-electron chi connectivity index (χ0n) is 17.0. The van der Waals surface area contributed by atoms with Gasteiger partial charge in [0.15, 0.2) is 0 Å². The fourth-order valence-corrected chi connectivity index (χ4v) is 3.32. The molecule has 0 atom stereocenters. The first-order valence-corrected chi connectivity index (χ1v) is 9.32. The van der Waals surface area contributed by atoms with E-state index in [0.29, 0.717) is 10.6 Å². The van der Waals surface area contributed by atoms with Gasteiger partial charge in [0.05, 0.1) is 16.7 Å². The zero-order chi connectivity index (χ0) is 22.2. The third kappa shape index (κ3) is 3.73. The molecule has 156 valence electrons. The van der Waals surface area contributed by atoms with E-state index < -0.39 is 29.3 Å². The van der Waals surface area contributed by atoms with Crippen LogP contribution in [-0.2, 0) is 16.2 Å². The quantitative estimate of drug-likeness (QED) is 0.743. The van der Waals surface area contributed by atoms with Crippen molar-refractivity contribution in [3.8, 4) is 0 Å². The highest BCUT2D eigenvalue weighted by atomic mass is 16.7. The minimum Gasteiger partial charge on any atom is -0.352 e. The van der Waals surface area contributed by atoms with Crippen LogP contribution in [0.1, 0.15) is 56.2 Å². The number of nitrogens with zero attached hydrogens (tertiary/aromatic N) is 2. The fraction of sp³-hybridized carbons (Fsp3) is 0.286. The molecule has 0 fully saturated rings. The molecule has 1 aliphatic rings. The van der Waals surface area contributed by atoms with Crippen molar-refractivity contribution < 1.29 is 24.0 Å². The van der Waals surface area contributed by atoms with Crippen LogP contribution in [0.15, 0.2) is 35.1 Å². The van der Waals surface area contributed by atoms with E-state index in [1.54, 1.807) is 26.0 Å². The average Bonchev–Trinajstić information content (AvgIpc) is 2.89. The van der Waals surface area contributed by atoms with Crippen LogP contribution in [0, 0.1) is 13.8 Å². The molecule has 9 heteroatoms. The van der Waals surface area contributed by atoms with Crippen molar-refractivity contribution in [1.82, 2.24) is 14.9 Å². The van der Waals surface area contributed by atoms with Gasteiger partial charge in [-0.1, -0.05) is 17.2 Å². The van der Waals surface area contributed by atoms with Gasteiger partial charge in [-0.3, -0.25) is 19.2 Å². The van der Waals surface area contributed by atoms with E-state index in [1.165, 1.54) is 32.0 Å². The molecule has 0 unspecified atom stereocenters. The van der Waals surface area contributed by atoms with Crippen LogP contribution in [0.3, 0.4) is 0 Å². The third-order valence-corrected chi connectivity index (χ3v) is 4.65. The average molecular weight is 411 g/mol. The topological polar surface area (TPSA) is 115 Å². The van der Waals surface area contributed by atoms with Gasteiger partial charge >= 0.3 is 5.97 Å². The second-order valence-electron chi connectivity index (χ2n) is 7.26. The monoisotopic (exact) mass is 411 g/mol. The lowest BCUT2D eigenvalue weighted by Gasteiger charge is -2.18. The predicted octanol–water partition coefficient (Wildman–Crippen LogP) is 1.36. The summed E-state index contributed by atoms with van der Waals surface area (Å²) in [6.07, 6.45) is 0. The Bertz CT molecular complexity index is 1100. The Kier molecular flexibility index (Phi) is 5.55. The molecule has 0 aliphatic carbocycles. The standard InChI is InChI=1S/C21H21N3O6/c1-11(2)22-16(25)10-23-13(4)18(12(3)9-17(23)26)21(29)30-24-19(27)14-7-5-6-8-15(14)20(24)28/h5-9,11H,10H2,1-4H3,(H,22,25). The number of carbonyl (C=O) groups excluding carboxylic acids is 4. The number of hydrogen-bond acceptors (Lipinski definition) is 6. The summed E-state index contributed by atoms with van der Waals surface area (Å²) in [5.41, 5.74) is 0.322. The summed E-state index contributed by atoms with van der Waals surface area (Å²) in [5, 5.41) is 3.09. The number of rotatable bonds is 5. The van der Waals surface area contributed by atoms with Gasteiger partial charge in [0.1, 0.15) is 6.54 Å². The Morgan fingerprint density at radius 1 is 1.03 bits per heavy atom. The smallest absolute Gasteiger partial charge is 0.352 e. The van der Waals surface area contributed by atoms with Gasteiger partial charge < -0.3 is 14.7 Å². The molecule has 1 aliphatic heterocycles. The first kappa shape index (κ1) is 21.0. The summed E-state index contributed by atoms with van der Waals surface area (Å²) < 4.78 is 1.14. The molecule has 1 N–H and O–H groups in total. The molecule has 2 aromatic rings. The maximum Gasteiger partial charge on any atom is 0.365 e. The molecule has 0 saturated carbocycles. The van der Waals surface area contributed by atoms with Gasteiger partial charge in [-0.15, -0.1) is 0 Å². The number of hydroxylamine groups is 2. The summed E-state index contributed by atoms with van der Waals surface area (Å²) in [7, 11) is 0. The number of benzene rings is 1. The molecule has 3 rings (SSSR count). The number of carbonyl (C=O) groups is 4. The van der Waals surface area contributed by atoms with Gasteiger partial charge in [0, 0.05) is 17.8 Å². The molecular formula is C21H21N3O6. The number of aromatic nitrogens is 1. The molecule has 0 spiro atoms. The van der Waals surface area contributed by atoms with E-state index in [4.69, 9.17) is 4.84 Å². The first-order valence-electron chi connectivity index (χ1n) is 9.32. The van der Waals surface area contributed by atoms with Gasteiger partial charge in [-0.2, -0.15) is 0 Å². The molecule has 3 amide bonds. The Morgan fingerprint density at radius 2 is 1.60 bits per heavy atom. The summed E-state index contributed by atoms with van der Waals surface area (Å²) in [4.78, 5) is 67.3. The Hall–Kier alpha value is -3.75. The molecule has 0 saturated heterocycles. The molecule has 9 nitrogen and oxygen atoms in total. The minimum absolute atomic E-state index is 0.00324. The lowest BCUT2D eigenvalue weighted by atomic mass is 10.1. The minimum atomic E-state index is -0.975. The molecule has 0 radical (unpaired) electrons. The molecule has 1 aromatic carbocycles. The van der Waals surface area contributed by atoms with Gasteiger partial charge in [0.25, 0.3) is 17.4 Å². The normalized spacial score (nSPS) is 12.9. The number of amides is 3. The number of aryl methyl sites for hydroxylation is 1. The third-order valence-electron chi connectivity index (χ3n) is 4.65. The molecule has 1 aromatic heterocycles. The highest BCUT2D eigenvalue weighted by Crippen LogP contribution is 2.24. The number of fused-ring (bicyclic) bond motifs is 1. The van der Waals surface area contributed by atoms with Gasteiger partial charge in [-0.25, -0.2) is 4.79 Å². The van der Waals surface area contributed by atoms with E-state index in [0.717, 1.165) is 4.57 Å². The second-order valence-corrected chi connectivity index (χ2v) is 7.26.